The van der Waals surface area contributed by atoms with Gasteiger partial charge in [-0.15, -0.1) is 0 Å². The maximum absolute atomic E-state index is 5.32. The van der Waals surface area contributed by atoms with Crippen molar-refractivity contribution in [2.45, 2.75) is 13.8 Å². The minimum Gasteiger partial charge on any atom is -0.494 e. The Morgan fingerprint density at radius 1 is 1.33 bits per heavy atom. The van der Waals surface area contributed by atoms with Crippen LogP contribution in [0.15, 0.2) is 12.1 Å². The predicted molar refractivity (Wildman–Crippen MR) is 50.3 cm³/mol. The van der Waals surface area contributed by atoms with Gasteiger partial charge in [0.05, 0.1) is 12.8 Å². The average molecular weight is 166 g/mol. The van der Waals surface area contributed by atoms with E-state index in [-0.39, 0.29) is 0 Å². The van der Waals surface area contributed by atoms with Crippen molar-refractivity contribution in [3.05, 3.63) is 23.3 Å². The minimum atomic E-state index is 0.817. The quantitative estimate of drug-likeness (QED) is 0.518. The van der Waals surface area contributed by atoms with Crippen molar-refractivity contribution in [2.24, 2.45) is 5.84 Å². The van der Waals surface area contributed by atoms with Gasteiger partial charge in [-0.3, -0.25) is 5.84 Å². The number of benzene rings is 1. The second-order valence-electron chi connectivity index (χ2n) is 2.73. The topological polar surface area (TPSA) is 47.3 Å². The third-order valence-electron chi connectivity index (χ3n) is 2.04. The summed E-state index contributed by atoms with van der Waals surface area (Å²) in [6.07, 6.45) is 0. The van der Waals surface area contributed by atoms with Gasteiger partial charge in [0.1, 0.15) is 5.75 Å². The van der Waals surface area contributed by atoms with Gasteiger partial charge in [0.25, 0.3) is 0 Å². The summed E-state index contributed by atoms with van der Waals surface area (Å²) in [7, 11) is 1.64. The summed E-state index contributed by atoms with van der Waals surface area (Å²) in [4.78, 5) is 0. The number of hydrazine groups is 1. The fourth-order valence-electron chi connectivity index (χ4n) is 1.17. The lowest BCUT2D eigenvalue weighted by Gasteiger charge is -2.12. The molecule has 0 saturated carbocycles. The lowest BCUT2D eigenvalue weighted by molar-refractivity contribution is 0.413. The Morgan fingerprint density at radius 2 is 2.00 bits per heavy atom. The van der Waals surface area contributed by atoms with Crippen molar-refractivity contribution in [3.63, 3.8) is 0 Å². The van der Waals surface area contributed by atoms with Crippen molar-refractivity contribution in [2.75, 3.05) is 12.5 Å². The number of aryl methyl sites for hydroxylation is 1. The summed E-state index contributed by atoms with van der Waals surface area (Å²) in [5.74, 6) is 6.13. The van der Waals surface area contributed by atoms with Crippen LogP contribution in [0.2, 0.25) is 0 Å². The first-order valence-corrected chi connectivity index (χ1v) is 3.81. The monoisotopic (exact) mass is 166 g/mol. The number of hydrogen-bond acceptors (Lipinski definition) is 3. The number of nitrogens with two attached hydrogens (primary N) is 1. The van der Waals surface area contributed by atoms with Crippen molar-refractivity contribution >= 4 is 5.69 Å². The second kappa shape index (κ2) is 3.45. The van der Waals surface area contributed by atoms with Gasteiger partial charge in [0.2, 0.25) is 0 Å². The maximum atomic E-state index is 5.32. The summed E-state index contributed by atoms with van der Waals surface area (Å²) in [6, 6.07) is 3.91. The SMILES string of the molecule is COc1c(NN)ccc(C)c1C. The Morgan fingerprint density at radius 3 is 2.50 bits per heavy atom. The van der Waals surface area contributed by atoms with Crippen LogP contribution in [0.4, 0.5) is 5.69 Å². The number of hydrogen-bond donors (Lipinski definition) is 2. The molecule has 3 N–H and O–H groups in total. The fraction of sp³-hybridized carbons (Fsp3) is 0.333. The second-order valence-corrected chi connectivity index (χ2v) is 2.73. The fourth-order valence-corrected chi connectivity index (χ4v) is 1.17. The van der Waals surface area contributed by atoms with E-state index in [2.05, 4.69) is 5.43 Å². The van der Waals surface area contributed by atoms with Crippen LogP contribution < -0.4 is 16.0 Å². The summed E-state index contributed by atoms with van der Waals surface area (Å²) in [5, 5.41) is 0. The molecule has 3 heteroatoms. The number of rotatable bonds is 2. The van der Waals surface area contributed by atoms with Gasteiger partial charge < -0.3 is 10.2 Å². The molecule has 0 amide bonds. The average Bonchev–Trinajstić information content (AvgIpc) is 2.09. The molecule has 0 unspecified atom stereocenters. The van der Waals surface area contributed by atoms with Crippen LogP contribution in [0.3, 0.4) is 0 Å². The Bertz CT molecular complexity index is 284. The molecule has 12 heavy (non-hydrogen) atoms. The molecule has 1 rings (SSSR count). The Labute approximate surface area is 72.5 Å². The molecule has 1 aromatic carbocycles. The molecular weight excluding hydrogens is 152 g/mol. The summed E-state index contributed by atoms with van der Waals surface area (Å²) in [6.45, 7) is 4.05. The van der Waals surface area contributed by atoms with Crippen molar-refractivity contribution < 1.29 is 4.74 Å². The molecule has 0 aliphatic carbocycles. The van der Waals surface area contributed by atoms with E-state index in [1.165, 1.54) is 5.56 Å². The van der Waals surface area contributed by atoms with Crippen molar-refractivity contribution in [1.82, 2.24) is 0 Å². The number of ether oxygens (including phenoxy) is 1. The number of nitrogens with one attached hydrogen (secondary N) is 1. The first-order valence-electron chi connectivity index (χ1n) is 3.81. The minimum absolute atomic E-state index is 0.817. The van der Waals surface area contributed by atoms with Gasteiger partial charge in [-0.1, -0.05) is 6.07 Å². The molecule has 0 fully saturated rings. The van der Waals surface area contributed by atoms with Crippen molar-refractivity contribution in [3.8, 4) is 5.75 Å². The van der Waals surface area contributed by atoms with Crippen LogP contribution >= 0.6 is 0 Å². The molecule has 0 saturated heterocycles. The first kappa shape index (κ1) is 8.87. The van der Waals surface area contributed by atoms with Crippen LogP contribution in [-0.2, 0) is 0 Å². The zero-order chi connectivity index (χ0) is 9.14. The molecule has 0 aliphatic heterocycles. The molecule has 0 bridgehead atoms. The molecular formula is C9H14N2O. The highest BCUT2D eigenvalue weighted by Crippen LogP contribution is 2.29. The molecule has 0 aliphatic rings. The largest absolute Gasteiger partial charge is 0.494 e. The Balaban J connectivity index is 3.25. The molecule has 1 aromatic rings. The molecule has 0 heterocycles. The van der Waals surface area contributed by atoms with Gasteiger partial charge in [0.15, 0.2) is 0 Å². The smallest absolute Gasteiger partial charge is 0.146 e. The van der Waals surface area contributed by atoms with Gasteiger partial charge in [-0.25, -0.2) is 0 Å². The zero-order valence-electron chi connectivity index (χ0n) is 7.64. The molecule has 3 nitrogen and oxygen atoms in total. The van der Waals surface area contributed by atoms with E-state index in [0.29, 0.717) is 0 Å². The van der Waals surface area contributed by atoms with Gasteiger partial charge in [0, 0.05) is 0 Å². The third-order valence-corrected chi connectivity index (χ3v) is 2.04. The van der Waals surface area contributed by atoms with Gasteiger partial charge in [-0.05, 0) is 31.0 Å². The number of anilines is 1. The summed E-state index contributed by atoms with van der Waals surface area (Å²) >= 11 is 0. The maximum Gasteiger partial charge on any atom is 0.146 e. The highest BCUT2D eigenvalue weighted by atomic mass is 16.5. The summed E-state index contributed by atoms with van der Waals surface area (Å²) in [5.41, 5.74) is 5.73. The van der Waals surface area contributed by atoms with E-state index < -0.39 is 0 Å². The van der Waals surface area contributed by atoms with E-state index >= 15 is 0 Å². The van der Waals surface area contributed by atoms with E-state index in [0.717, 1.165) is 17.0 Å². The van der Waals surface area contributed by atoms with Gasteiger partial charge >= 0.3 is 0 Å². The summed E-state index contributed by atoms with van der Waals surface area (Å²) < 4.78 is 5.21. The van der Waals surface area contributed by atoms with Crippen LogP contribution in [0.25, 0.3) is 0 Å². The highest BCUT2D eigenvalue weighted by Gasteiger charge is 2.06. The first-order chi connectivity index (χ1) is 5.70. The zero-order valence-corrected chi connectivity index (χ0v) is 7.64. The van der Waals surface area contributed by atoms with E-state index in [9.17, 15) is 0 Å². The van der Waals surface area contributed by atoms with Crippen LogP contribution in [0, 0.1) is 13.8 Å². The van der Waals surface area contributed by atoms with Crippen LogP contribution in [0.1, 0.15) is 11.1 Å². The van der Waals surface area contributed by atoms with Gasteiger partial charge in [-0.2, -0.15) is 0 Å². The van der Waals surface area contributed by atoms with E-state index in [1.54, 1.807) is 7.11 Å². The Hall–Kier alpha value is -1.22. The number of methoxy groups -OCH3 is 1. The molecule has 0 spiro atoms. The van der Waals surface area contributed by atoms with E-state index in [4.69, 9.17) is 10.6 Å². The predicted octanol–water partition coefficient (Wildman–Crippen LogP) is 1.60. The third kappa shape index (κ3) is 1.36. The standard InChI is InChI=1S/C9H14N2O/c1-6-4-5-8(11-10)9(12-3)7(6)2/h4-5,11H,10H2,1-3H3. The molecule has 0 radical (unpaired) electrons. The van der Waals surface area contributed by atoms with E-state index in [1.807, 2.05) is 26.0 Å². The van der Waals surface area contributed by atoms with Crippen molar-refractivity contribution in [1.29, 1.82) is 0 Å². The highest BCUT2D eigenvalue weighted by molar-refractivity contribution is 5.61. The molecule has 0 atom stereocenters. The molecule has 66 valence electrons. The lowest BCUT2D eigenvalue weighted by Crippen LogP contribution is -2.09. The number of nitrogen functional groups attached to an aromatic ring is 1. The van der Waals surface area contributed by atoms with Crippen LogP contribution in [0.5, 0.6) is 5.75 Å². The molecule has 0 aromatic heterocycles. The lowest BCUT2D eigenvalue weighted by atomic mass is 10.1. The normalized spacial score (nSPS) is 9.67. The Kier molecular flexibility index (Phi) is 2.55. The van der Waals surface area contributed by atoms with Crippen LogP contribution in [-0.4, -0.2) is 7.11 Å².